The molecule has 0 radical (unpaired) electrons. The van der Waals surface area contributed by atoms with Crippen LogP contribution in [0.5, 0.6) is 0 Å². The monoisotopic (exact) mass is 1130 g/mol. The zero-order valence-corrected chi connectivity index (χ0v) is 41.1. The molecule has 0 saturated carbocycles. The molecule has 17 heteroatoms. The predicted molar refractivity (Wildman–Crippen MR) is 232 cm³/mol. The van der Waals surface area contributed by atoms with E-state index in [0.29, 0.717) is 6.42 Å². The van der Waals surface area contributed by atoms with Crippen molar-refractivity contribution in [3.05, 3.63) is 0 Å². The van der Waals surface area contributed by atoms with Crippen molar-refractivity contribution < 1.29 is 63.2 Å². The van der Waals surface area contributed by atoms with E-state index in [9.17, 15) is 30.0 Å². The van der Waals surface area contributed by atoms with Gasteiger partial charge >= 0.3 is 5.97 Å². The number of aliphatic hydroxyl groups is 4. The zero-order chi connectivity index (χ0) is 42.4. The summed E-state index contributed by atoms with van der Waals surface area (Å²) in [5.41, 5.74) is -4.24. The number of ketones is 1. The second-order valence-corrected chi connectivity index (χ2v) is 27.1. The van der Waals surface area contributed by atoms with Gasteiger partial charge in [-0.05, 0) is 67.9 Å². The Morgan fingerprint density at radius 1 is 0.873 bits per heavy atom. The van der Waals surface area contributed by atoms with E-state index in [2.05, 4.69) is 73.1 Å². The highest BCUT2D eigenvalue weighted by molar-refractivity contribution is 14.3. The van der Waals surface area contributed by atoms with Gasteiger partial charge in [-0.15, -0.1) is 0 Å². The van der Waals surface area contributed by atoms with Gasteiger partial charge in [0.25, 0.3) is 0 Å². The van der Waals surface area contributed by atoms with Gasteiger partial charge in [0.05, 0.1) is 47.6 Å². The van der Waals surface area contributed by atoms with Crippen molar-refractivity contribution in [1.82, 2.24) is 5.32 Å². The lowest BCUT2D eigenvalue weighted by molar-refractivity contribution is -0.317. The van der Waals surface area contributed by atoms with Crippen LogP contribution in [0, 0.1) is 23.7 Å². The molecule has 0 amide bonds. The van der Waals surface area contributed by atoms with Gasteiger partial charge in [-0.2, -0.15) is 0 Å². The van der Waals surface area contributed by atoms with Crippen molar-refractivity contribution in [2.45, 2.75) is 179 Å². The van der Waals surface area contributed by atoms with Crippen LogP contribution in [0.15, 0.2) is 0 Å². The minimum Gasteiger partial charge on any atom is -0.459 e. The van der Waals surface area contributed by atoms with E-state index in [1.807, 2.05) is 13.8 Å². The van der Waals surface area contributed by atoms with Gasteiger partial charge < -0.3 is 58.9 Å². The highest BCUT2D eigenvalue weighted by atomic mass is 127. The van der Waals surface area contributed by atoms with Gasteiger partial charge in [0.1, 0.15) is 29.6 Å². The maximum Gasteiger partial charge on any atom is 0.311 e. The molecule has 55 heavy (non-hydrogen) atoms. The molecule has 3 saturated heterocycles. The molecule has 0 aromatic carbocycles. The third-order valence-corrected chi connectivity index (χ3v) is 12.0. The van der Waals surface area contributed by atoms with E-state index in [-0.39, 0.29) is 37.2 Å². The number of likely N-dealkylation sites (N-methyl/N-ethyl adjacent to an activating group) is 1. The molecule has 3 fully saturated rings. The van der Waals surface area contributed by atoms with Crippen molar-refractivity contribution in [1.29, 1.82) is 0 Å². The molecule has 0 aromatic heterocycles. The van der Waals surface area contributed by atoms with Gasteiger partial charge in [-0.3, -0.25) is 9.59 Å². The van der Waals surface area contributed by atoms with Crippen LogP contribution in [0.3, 0.4) is 0 Å². The van der Waals surface area contributed by atoms with Crippen LogP contribution in [0.2, 0.25) is 0 Å². The summed E-state index contributed by atoms with van der Waals surface area (Å²) in [7, 11) is 4.75. The number of esters is 1. The summed E-state index contributed by atoms with van der Waals surface area (Å²) in [4.78, 5) is 28.1. The minimum atomic E-state index is -1.96. The summed E-state index contributed by atoms with van der Waals surface area (Å²) in [6.07, 6.45) is -8.78. The Bertz CT molecular complexity index is 1220. The number of carbonyl (C=O) groups excluding carboxylic acids is 2. The Kier molecular flexibility index (Phi) is 20.9. The minimum absolute atomic E-state index is 0.109. The summed E-state index contributed by atoms with van der Waals surface area (Å²) < 4.78 is 44.4. The first-order chi connectivity index (χ1) is 25.3. The third-order valence-electron chi connectivity index (χ3n) is 12.0. The van der Waals surface area contributed by atoms with Crippen LogP contribution < -0.4 is 5.32 Å². The van der Waals surface area contributed by atoms with Crippen molar-refractivity contribution in [3.8, 4) is 0 Å². The number of hydrogen-bond acceptors (Lipinski definition) is 14. The SMILES string of the molecule is CC[C@H]1OC(=O)[C@H](C)[C@@H](O[C@H]2C[C@@](C)(OC)[C@@H](O)[C@H](C)O2)[C@H](C)[C@@H](O[C@@H]2O[C@H](C)C[C@H](NC)[C@H]2O)[C@](C)(OC)C[C@@H](C)C(=O)[C@H](C)[C@@H](O)[C@]1(C)O.IC(I)I. The molecule has 324 valence electrons. The van der Waals surface area contributed by atoms with E-state index in [4.69, 9.17) is 33.2 Å². The molecule has 3 heterocycles. The number of carbonyl (C=O) groups is 2. The highest BCUT2D eigenvalue weighted by Crippen LogP contribution is 2.41. The standard InChI is InChI=1S/C37H67NO13.CHI3/c1-14-25-37(10,44)30(41)20(4)27(39)18(2)16-36(9,46-13)32(51-34-28(40)24(38-11)15-19(3)47-34)21(5)29(22(6)33(43)49-25)50-26-17-35(8,45-12)31(42)23(7)48-26;2-1(3)4/h18-26,28-32,34,38,40-42,44H,14-17H2,1-13H3;1H/t18-,19-,20+,21+,22-,23+,24+,25-,26+,28-,29+,30-,31+,32-,34+,35-,36-,37-;/m1./s1. The molecule has 0 aromatic rings. The second-order valence-electron chi connectivity index (χ2n) is 16.2. The molecule has 0 spiro atoms. The zero-order valence-electron chi connectivity index (χ0n) is 34.7. The topological polar surface area (TPSA) is 192 Å². The van der Waals surface area contributed by atoms with Crippen molar-refractivity contribution >= 4 is 79.5 Å². The first kappa shape index (κ1) is 52.0. The third kappa shape index (κ3) is 12.9. The van der Waals surface area contributed by atoms with Crippen molar-refractivity contribution in [2.75, 3.05) is 21.3 Å². The Morgan fingerprint density at radius 3 is 1.95 bits per heavy atom. The summed E-state index contributed by atoms with van der Waals surface area (Å²) >= 11 is 6.95. The van der Waals surface area contributed by atoms with E-state index in [0.717, 1.165) is -0.0619 Å². The fraction of sp³-hybridized carbons (Fsp3) is 0.947. The quantitative estimate of drug-likeness (QED) is 0.128. The average Bonchev–Trinajstić information content (AvgIpc) is 3.12. The van der Waals surface area contributed by atoms with Gasteiger partial charge in [0.15, 0.2) is 12.6 Å². The number of alkyl halides is 3. The summed E-state index contributed by atoms with van der Waals surface area (Å²) in [6, 6.07) is -0.334. The molecule has 14 nitrogen and oxygen atoms in total. The molecular formula is C38H68I3NO13. The number of rotatable bonds is 8. The number of Topliss-reactive ketones (excluding diaryl/α,β-unsaturated/α-hetero) is 1. The predicted octanol–water partition coefficient (Wildman–Crippen LogP) is 4.67. The Labute approximate surface area is 369 Å². The summed E-state index contributed by atoms with van der Waals surface area (Å²) in [6.45, 7) is 17.0. The largest absolute Gasteiger partial charge is 0.459 e. The van der Waals surface area contributed by atoms with E-state index >= 15 is 0 Å². The first-order valence-corrected chi connectivity index (χ1v) is 22.9. The van der Waals surface area contributed by atoms with Crippen LogP contribution in [-0.2, 0) is 42.7 Å². The molecule has 3 aliphatic rings. The summed E-state index contributed by atoms with van der Waals surface area (Å²) in [5, 5.41) is 48.4. The van der Waals surface area contributed by atoms with Gasteiger partial charge in [-0.25, -0.2) is 0 Å². The van der Waals surface area contributed by atoms with Crippen LogP contribution in [0.1, 0.15) is 94.9 Å². The molecule has 3 rings (SSSR count). The van der Waals surface area contributed by atoms with Gasteiger partial charge in [0, 0.05) is 44.4 Å². The lowest BCUT2D eigenvalue weighted by Crippen LogP contribution is -2.61. The van der Waals surface area contributed by atoms with Crippen LogP contribution in [0.4, 0.5) is 0 Å². The molecule has 3 aliphatic heterocycles. The molecule has 5 N–H and O–H groups in total. The average molecular weight is 1130 g/mol. The number of cyclic esters (lactones) is 1. The Hall–Kier alpha value is 0.890. The number of methoxy groups -OCH3 is 2. The van der Waals surface area contributed by atoms with E-state index < -0.39 is 102 Å². The van der Waals surface area contributed by atoms with E-state index in [1.54, 1.807) is 55.5 Å². The maximum atomic E-state index is 14.1. The molecule has 18 atom stereocenters. The van der Waals surface area contributed by atoms with Gasteiger partial charge in [0.2, 0.25) is 0 Å². The van der Waals surface area contributed by atoms with Crippen molar-refractivity contribution in [2.24, 2.45) is 23.7 Å². The smallest absolute Gasteiger partial charge is 0.311 e. The molecule has 0 bridgehead atoms. The molecule has 0 aliphatic carbocycles. The van der Waals surface area contributed by atoms with Crippen LogP contribution in [0.25, 0.3) is 0 Å². The number of hydrogen-bond donors (Lipinski definition) is 5. The van der Waals surface area contributed by atoms with E-state index in [1.165, 1.54) is 21.1 Å². The number of ether oxygens (including phenoxy) is 7. The number of aliphatic hydroxyl groups excluding tert-OH is 3. The Balaban J connectivity index is 0.00000248. The van der Waals surface area contributed by atoms with Crippen LogP contribution >= 0.6 is 67.8 Å². The highest BCUT2D eigenvalue weighted by Gasteiger charge is 2.54. The fourth-order valence-corrected chi connectivity index (χ4v) is 8.38. The maximum absolute atomic E-state index is 14.1. The molecule has 0 unspecified atom stereocenters. The fourth-order valence-electron chi connectivity index (χ4n) is 8.38. The first-order valence-electron chi connectivity index (χ1n) is 19.2. The van der Waals surface area contributed by atoms with Crippen molar-refractivity contribution in [3.63, 3.8) is 0 Å². The Morgan fingerprint density at radius 2 is 1.44 bits per heavy atom. The molecular weight excluding hydrogens is 1060 g/mol. The summed E-state index contributed by atoms with van der Waals surface area (Å²) in [5.74, 6) is -4.47. The normalized spacial score (nSPS) is 46.7. The second kappa shape index (κ2) is 22.1. The van der Waals surface area contributed by atoms with Crippen LogP contribution in [-0.4, -0.2) is 138 Å². The number of nitrogens with one attached hydrogen (secondary N) is 1. The number of halogens is 3. The lowest BCUT2D eigenvalue weighted by atomic mass is 9.74. The van der Waals surface area contributed by atoms with Gasteiger partial charge in [-0.1, -0.05) is 95.5 Å². The lowest BCUT2D eigenvalue weighted by Gasteiger charge is -2.49.